The minimum absolute atomic E-state index is 0.198. The van der Waals surface area contributed by atoms with Gasteiger partial charge in [0.15, 0.2) is 0 Å². The van der Waals surface area contributed by atoms with Crippen molar-refractivity contribution < 1.29 is 13.9 Å². The monoisotopic (exact) mass is 334 g/mol. The highest BCUT2D eigenvalue weighted by Gasteiger charge is 2.32. The topological polar surface area (TPSA) is 27.7 Å². The third-order valence-corrected chi connectivity index (χ3v) is 8.95. The predicted octanol–water partition coefficient (Wildman–Crippen LogP) is 5.44. The van der Waals surface area contributed by atoms with Crippen molar-refractivity contribution in [3.63, 3.8) is 0 Å². The van der Waals surface area contributed by atoms with Crippen LogP contribution in [0, 0.1) is 0 Å². The van der Waals surface area contributed by atoms with E-state index >= 15 is 0 Å². The Hall–Kier alpha value is -1.36. The van der Waals surface area contributed by atoms with E-state index in [1.807, 2.05) is 30.3 Å². The molecule has 0 spiro atoms. The maximum atomic E-state index is 6.35. The number of benzene rings is 1. The molecule has 0 amide bonds. The molecule has 128 valence electrons. The Morgan fingerprint density at radius 2 is 1.61 bits per heavy atom. The molecule has 1 unspecified atom stereocenters. The molecule has 4 heteroatoms. The quantitative estimate of drug-likeness (QED) is 0.233. The Bertz CT molecular complexity index is 486. The van der Waals surface area contributed by atoms with E-state index < -0.39 is 8.32 Å². The third-order valence-electron chi connectivity index (χ3n) is 4.40. The van der Waals surface area contributed by atoms with E-state index in [-0.39, 0.29) is 12.9 Å². The first-order valence-electron chi connectivity index (χ1n) is 8.26. The lowest BCUT2D eigenvalue weighted by Crippen LogP contribution is -2.35. The maximum absolute atomic E-state index is 6.35. The van der Waals surface area contributed by atoms with E-state index in [9.17, 15) is 0 Å². The van der Waals surface area contributed by atoms with Crippen LogP contribution in [0.2, 0.25) is 18.1 Å². The fourth-order valence-electron chi connectivity index (χ4n) is 2.60. The normalized spacial score (nSPS) is 12.7. The summed E-state index contributed by atoms with van der Waals surface area (Å²) in [6, 6.07) is 13.2. The van der Waals surface area contributed by atoms with Gasteiger partial charge >= 0.3 is 0 Å². The van der Waals surface area contributed by atoms with Crippen LogP contribution >= 0.6 is 0 Å². The smallest absolute Gasteiger partial charge is 0.250 e. The summed E-state index contributed by atoms with van der Waals surface area (Å²) in [6.07, 6.45) is -0.305. The summed E-state index contributed by atoms with van der Waals surface area (Å²) < 4.78 is 17.2. The number of hydrogen-bond donors (Lipinski definition) is 0. The molecule has 3 nitrogen and oxygen atoms in total. The maximum Gasteiger partial charge on any atom is 0.250 e. The molecule has 1 aromatic carbocycles. The van der Waals surface area contributed by atoms with Crippen molar-refractivity contribution in [2.75, 3.05) is 13.9 Å². The van der Waals surface area contributed by atoms with Gasteiger partial charge in [0.05, 0.1) is 0 Å². The van der Waals surface area contributed by atoms with Crippen LogP contribution in [0.25, 0.3) is 0 Å². The SMILES string of the molecule is C=C(O[Si](CC)(CC)CC)C(=C)C(OCOC)c1ccccc1. The molecular weight excluding hydrogens is 304 g/mol. The van der Waals surface area contributed by atoms with Gasteiger partial charge in [-0.15, -0.1) is 0 Å². The summed E-state index contributed by atoms with van der Waals surface area (Å²) in [5, 5.41) is 0. The van der Waals surface area contributed by atoms with Crippen LogP contribution in [-0.4, -0.2) is 22.2 Å². The van der Waals surface area contributed by atoms with E-state index in [4.69, 9.17) is 13.9 Å². The first kappa shape index (κ1) is 19.7. The van der Waals surface area contributed by atoms with Gasteiger partial charge in [-0.1, -0.05) is 64.3 Å². The van der Waals surface area contributed by atoms with Crippen molar-refractivity contribution in [2.45, 2.75) is 45.0 Å². The minimum atomic E-state index is -1.77. The summed E-state index contributed by atoms with van der Waals surface area (Å²) in [7, 11) is -0.158. The molecule has 0 heterocycles. The highest BCUT2D eigenvalue weighted by Crippen LogP contribution is 2.33. The van der Waals surface area contributed by atoms with Gasteiger partial charge in [0, 0.05) is 12.7 Å². The fourth-order valence-corrected chi connectivity index (χ4v) is 5.19. The largest absolute Gasteiger partial charge is 0.544 e. The Balaban J connectivity index is 2.94. The molecule has 0 radical (unpaired) electrons. The number of rotatable bonds is 11. The van der Waals surface area contributed by atoms with Gasteiger partial charge in [-0.3, -0.25) is 0 Å². The second-order valence-electron chi connectivity index (χ2n) is 5.66. The van der Waals surface area contributed by atoms with Crippen molar-refractivity contribution in [1.82, 2.24) is 0 Å². The Morgan fingerprint density at radius 3 is 2.09 bits per heavy atom. The lowest BCUT2D eigenvalue weighted by molar-refractivity contribution is -0.0606. The molecule has 0 aliphatic heterocycles. The van der Waals surface area contributed by atoms with Crippen LogP contribution in [0.1, 0.15) is 32.4 Å². The van der Waals surface area contributed by atoms with Gasteiger partial charge in [-0.25, -0.2) is 0 Å². The van der Waals surface area contributed by atoms with Crippen molar-refractivity contribution in [2.24, 2.45) is 0 Å². The molecular formula is C19H30O3Si. The van der Waals surface area contributed by atoms with Crippen molar-refractivity contribution in [1.29, 1.82) is 0 Å². The zero-order valence-electron chi connectivity index (χ0n) is 14.9. The first-order chi connectivity index (χ1) is 11.0. The highest BCUT2D eigenvalue weighted by atomic mass is 28.4. The Kier molecular flexibility index (Phi) is 8.30. The zero-order valence-corrected chi connectivity index (χ0v) is 15.9. The average molecular weight is 335 g/mol. The summed E-state index contributed by atoms with van der Waals surface area (Å²) in [6.45, 7) is 15.1. The van der Waals surface area contributed by atoms with Crippen molar-refractivity contribution in [3.05, 3.63) is 60.4 Å². The standard InChI is InChI=1S/C19H30O3Si/c1-7-23(8-2,9-3)22-17(5)16(4)19(21-15-20-6)18-13-11-10-12-14-18/h10-14,19H,4-5,7-9,15H2,1-3,6H3. The van der Waals surface area contributed by atoms with Gasteiger partial charge in [-0.2, -0.15) is 0 Å². The first-order valence-corrected chi connectivity index (χ1v) is 10.8. The van der Waals surface area contributed by atoms with Crippen LogP contribution < -0.4 is 0 Å². The van der Waals surface area contributed by atoms with Crippen LogP contribution in [0.15, 0.2) is 54.8 Å². The lowest BCUT2D eigenvalue weighted by atomic mass is 10.0. The molecule has 0 N–H and O–H groups in total. The van der Waals surface area contributed by atoms with Crippen molar-refractivity contribution in [3.8, 4) is 0 Å². The average Bonchev–Trinajstić information content (AvgIpc) is 2.60. The summed E-state index contributed by atoms with van der Waals surface area (Å²) in [4.78, 5) is 0. The Labute approximate surface area is 142 Å². The molecule has 1 aromatic rings. The number of ether oxygens (including phenoxy) is 2. The van der Waals surface area contributed by atoms with Gasteiger partial charge in [0.25, 0.3) is 0 Å². The summed E-state index contributed by atoms with van der Waals surface area (Å²) in [5.74, 6) is 0.646. The number of methoxy groups -OCH3 is 1. The fraction of sp³-hybridized carbons (Fsp3) is 0.474. The molecule has 0 fully saturated rings. The molecule has 1 atom stereocenters. The van der Waals surface area contributed by atoms with E-state index in [0.717, 1.165) is 29.3 Å². The van der Waals surface area contributed by atoms with Gasteiger partial charge < -0.3 is 13.9 Å². The second-order valence-corrected chi connectivity index (χ2v) is 10.3. The van der Waals surface area contributed by atoms with Crippen LogP contribution in [-0.2, 0) is 13.9 Å². The molecule has 0 aliphatic carbocycles. The molecule has 0 saturated carbocycles. The van der Waals surface area contributed by atoms with Gasteiger partial charge in [-0.05, 0) is 23.7 Å². The highest BCUT2D eigenvalue weighted by molar-refractivity contribution is 6.73. The molecule has 0 saturated heterocycles. The second kappa shape index (κ2) is 9.70. The van der Waals surface area contributed by atoms with E-state index in [2.05, 4.69) is 33.9 Å². The molecule has 0 bridgehead atoms. The van der Waals surface area contributed by atoms with E-state index in [1.54, 1.807) is 7.11 Å². The van der Waals surface area contributed by atoms with Crippen LogP contribution in [0.5, 0.6) is 0 Å². The summed E-state index contributed by atoms with van der Waals surface area (Å²) in [5.41, 5.74) is 1.79. The lowest BCUT2D eigenvalue weighted by Gasteiger charge is -2.32. The van der Waals surface area contributed by atoms with Gasteiger partial charge in [0.1, 0.15) is 18.7 Å². The minimum Gasteiger partial charge on any atom is -0.544 e. The number of hydrogen-bond acceptors (Lipinski definition) is 3. The third kappa shape index (κ3) is 5.34. The van der Waals surface area contributed by atoms with Crippen LogP contribution in [0.4, 0.5) is 0 Å². The Morgan fingerprint density at radius 1 is 1.04 bits per heavy atom. The molecule has 23 heavy (non-hydrogen) atoms. The molecule has 1 rings (SSSR count). The molecule has 0 aromatic heterocycles. The predicted molar refractivity (Wildman–Crippen MR) is 98.7 cm³/mol. The molecule has 0 aliphatic rings. The van der Waals surface area contributed by atoms with E-state index in [0.29, 0.717) is 5.76 Å². The van der Waals surface area contributed by atoms with Crippen molar-refractivity contribution >= 4 is 8.32 Å². The van der Waals surface area contributed by atoms with Crippen LogP contribution in [0.3, 0.4) is 0 Å². The van der Waals surface area contributed by atoms with Gasteiger partial charge in [0.2, 0.25) is 8.32 Å². The summed E-state index contributed by atoms with van der Waals surface area (Å²) >= 11 is 0. The zero-order chi connectivity index (χ0) is 17.3. The van der Waals surface area contributed by atoms with E-state index in [1.165, 1.54) is 0 Å².